The number of aromatic nitrogens is 4. The Bertz CT molecular complexity index is 4050. The summed E-state index contributed by atoms with van der Waals surface area (Å²) in [7, 11) is 0. The van der Waals surface area contributed by atoms with E-state index in [4.69, 9.17) is 9.97 Å². The van der Waals surface area contributed by atoms with Crippen LogP contribution in [0.15, 0.2) is 182 Å². The van der Waals surface area contributed by atoms with Crippen LogP contribution in [0.25, 0.3) is 134 Å². The third-order valence-corrected chi connectivity index (χ3v) is 13.6. The highest BCUT2D eigenvalue weighted by Gasteiger charge is 2.24. The lowest BCUT2D eigenvalue weighted by atomic mass is 9.96. The summed E-state index contributed by atoms with van der Waals surface area (Å²) in [4.78, 5) is 42.9. The minimum Gasteiger partial charge on any atom is -0.354 e. The van der Waals surface area contributed by atoms with Gasteiger partial charge in [-0.2, -0.15) is 0 Å². The van der Waals surface area contributed by atoms with E-state index in [-0.39, 0.29) is 21.2 Å². The van der Waals surface area contributed by atoms with Crippen molar-refractivity contribution in [3.63, 3.8) is 0 Å². The van der Waals surface area contributed by atoms with Gasteiger partial charge in [0.25, 0.3) is 11.4 Å². The van der Waals surface area contributed by atoms with E-state index in [0.29, 0.717) is 32.9 Å². The lowest BCUT2D eigenvalue weighted by Gasteiger charge is -2.11. The second kappa shape index (κ2) is 15.9. The second-order valence-electron chi connectivity index (χ2n) is 17.4. The SMILES string of the molecule is O=[N+]([O-])c1ccc(-c2c3nc(c(-c4ccc([N+](=O)[O-])c5ccccc45)c4ccc([nH]4)c(-c4cccc5ccccc45)c4nc(c(-c5cccc6ccccc56)c5ccc2[nH]5)C=C4)C=C3)c2ccccc12. The summed E-state index contributed by atoms with van der Waals surface area (Å²) < 4.78 is 0. The van der Waals surface area contributed by atoms with Crippen molar-refractivity contribution in [1.29, 1.82) is 0 Å². The van der Waals surface area contributed by atoms with Gasteiger partial charge in [-0.3, -0.25) is 20.2 Å². The molecule has 8 bridgehead atoms. The van der Waals surface area contributed by atoms with Gasteiger partial charge in [0.1, 0.15) is 0 Å². The van der Waals surface area contributed by atoms with Gasteiger partial charge in [0.15, 0.2) is 0 Å². The molecule has 0 saturated heterocycles. The van der Waals surface area contributed by atoms with Crippen LogP contribution in [-0.4, -0.2) is 29.8 Å². The van der Waals surface area contributed by atoms with Gasteiger partial charge in [-0.25, -0.2) is 9.97 Å². The zero-order valence-electron chi connectivity index (χ0n) is 37.1. The summed E-state index contributed by atoms with van der Waals surface area (Å²) in [5.41, 5.74) is 12.6. The van der Waals surface area contributed by atoms with Gasteiger partial charge >= 0.3 is 0 Å². The number of rotatable bonds is 6. The minimum absolute atomic E-state index is 0.00374. The summed E-state index contributed by atoms with van der Waals surface area (Å²) in [6.45, 7) is 0. The van der Waals surface area contributed by atoms with E-state index in [1.807, 2.05) is 72.8 Å². The Morgan fingerprint density at radius 2 is 0.614 bits per heavy atom. The first-order chi connectivity index (χ1) is 34.4. The fourth-order valence-electron chi connectivity index (χ4n) is 10.5. The molecule has 0 atom stereocenters. The van der Waals surface area contributed by atoms with E-state index < -0.39 is 0 Å². The Balaban J connectivity index is 1.24. The van der Waals surface area contributed by atoms with E-state index in [0.717, 1.165) is 99.5 Å². The predicted octanol–water partition coefficient (Wildman–Crippen LogP) is 15.8. The van der Waals surface area contributed by atoms with Crippen molar-refractivity contribution in [3.05, 3.63) is 225 Å². The minimum atomic E-state index is -0.350. The monoisotopic (exact) mass is 904 g/mol. The van der Waals surface area contributed by atoms with Crippen molar-refractivity contribution >= 4 is 101 Å². The Morgan fingerprint density at radius 1 is 0.314 bits per heavy atom. The van der Waals surface area contributed by atoms with Crippen LogP contribution >= 0.6 is 0 Å². The third kappa shape index (κ3) is 6.42. The molecule has 0 spiro atoms. The summed E-state index contributed by atoms with van der Waals surface area (Å²) in [6, 6.07) is 59.1. The molecule has 70 heavy (non-hydrogen) atoms. The molecule has 10 heteroatoms. The predicted molar refractivity (Wildman–Crippen MR) is 284 cm³/mol. The first-order valence-corrected chi connectivity index (χ1v) is 22.8. The highest BCUT2D eigenvalue weighted by molar-refractivity contribution is 6.11. The molecule has 0 unspecified atom stereocenters. The molecule has 13 rings (SSSR count). The number of H-pyrrole nitrogens is 2. The number of fused-ring (bicyclic) bond motifs is 12. The van der Waals surface area contributed by atoms with Gasteiger partial charge in [-0.1, -0.05) is 121 Å². The Kier molecular flexibility index (Phi) is 9.21. The summed E-state index contributed by atoms with van der Waals surface area (Å²) in [5, 5.41) is 31.6. The van der Waals surface area contributed by atoms with Gasteiger partial charge < -0.3 is 9.97 Å². The Hall–Kier alpha value is -9.80. The molecule has 0 amide bonds. The van der Waals surface area contributed by atoms with Gasteiger partial charge in [0.2, 0.25) is 0 Å². The molecule has 3 aromatic heterocycles. The number of non-ortho nitro benzene ring substituents is 2. The van der Waals surface area contributed by atoms with Gasteiger partial charge in [-0.05, 0) is 127 Å². The number of nitro benzene ring substituents is 2. The molecule has 5 heterocycles. The zero-order valence-corrected chi connectivity index (χ0v) is 37.1. The van der Waals surface area contributed by atoms with Crippen LogP contribution in [0, 0.1) is 20.2 Å². The van der Waals surface area contributed by atoms with Crippen molar-refractivity contribution in [2.75, 3.05) is 0 Å². The maximum Gasteiger partial charge on any atom is 0.277 e. The topological polar surface area (TPSA) is 144 Å². The number of nitro groups is 2. The summed E-state index contributed by atoms with van der Waals surface area (Å²) in [6.07, 6.45) is 8.12. The Labute approximate surface area is 398 Å². The van der Waals surface area contributed by atoms with Gasteiger partial charge in [0.05, 0.1) is 43.4 Å². The van der Waals surface area contributed by atoms with Crippen LogP contribution in [0.5, 0.6) is 0 Å². The molecule has 0 fully saturated rings. The molecule has 0 radical (unpaired) electrons. The quantitative estimate of drug-likeness (QED) is 0.126. The number of nitrogens with one attached hydrogen (secondary N) is 2. The van der Waals surface area contributed by atoms with Gasteiger partial charge in [-0.15, -0.1) is 0 Å². The van der Waals surface area contributed by atoms with Crippen LogP contribution in [0.1, 0.15) is 22.8 Å². The second-order valence-corrected chi connectivity index (χ2v) is 17.4. The lowest BCUT2D eigenvalue weighted by Crippen LogP contribution is -1.94. The molecule has 11 aromatic rings. The highest BCUT2D eigenvalue weighted by atomic mass is 16.6. The molecular weight excluding hydrogens is 869 g/mol. The average molecular weight is 905 g/mol. The van der Waals surface area contributed by atoms with Gasteiger partial charge in [0, 0.05) is 56.5 Å². The highest BCUT2D eigenvalue weighted by Crippen LogP contribution is 2.44. The summed E-state index contributed by atoms with van der Waals surface area (Å²) in [5.74, 6) is 0. The molecule has 330 valence electrons. The van der Waals surface area contributed by atoms with Crippen LogP contribution in [0.2, 0.25) is 0 Å². The molecular formula is C60H36N6O4. The van der Waals surface area contributed by atoms with Crippen molar-refractivity contribution < 1.29 is 9.85 Å². The fourth-order valence-corrected chi connectivity index (χ4v) is 10.5. The van der Waals surface area contributed by atoms with E-state index >= 15 is 0 Å². The number of hydrogen-bond acceptors (Lipinski definition) is 6. The van der Waals surface area contributed by atoms with Crippen LogP contribution in [0.3, 0.4) is 0 Å². The molecule has 0 saturated carbocycles. The smallest absolute Gasteiger partial charge is 0.277 e. The molecule has 10 nitrogen and oxygen atoms in total. The molecule has 2 N–H and O–H groups in total. The number of hydrogen-bond donors (Lipinski definition) is 2. The largest absolute Gasteiger partial charge is 0.354 e. The molecule has 0 aliphatic carbocycles. The number of nitrogens with zero attached hydrogens (tertiary/aromatic N) is 4. The van der Waals surface area contributed by atoms with Crippen molar-refractivity contribution in [2.45, 2.75) is 0 Å². The van der Waals surface area contributed by atoms with Crippen LogP contribution in [-0.2, 0) is 0 Å². The fraction of sp³-hybridized carbons (Fsp3) is 0. The maximum atomic E-state index is 12.4. The molecule has 2 aliphatic heterocycles. The number of benzene rings is 8. The van der Waals surface area contributed by atoms with E-state index in [9.17, 15) is 20.2 Å². The zero-order chi connectivity index (χ0) is 47.0. The Morgan fingerprint density at radius 3 is 0.971 bits per heavy atom. The normalized spacial score (nSPS) is 12.1. The third-order valence-electron chi connectivity index (χ3n) is 13.6. The lowest BCUT2D eigenvalue weighted by molar-refractivity contribution is -0.383. The van der Waals surface area contributed by atoms with Crippen LogP contribution < -0.4 is 0 Å². The first kappa shape index (κ1) is 40.5. The van der Waals surface area contributed by atoms with Crippen LogP contribution in [0.4, 0.5) is 11.4 Å². The van der Waals surface area contributed by atoms with Crippen molar-refractivity contribution in [1.82, 2.24) is 19.9 Å². The van der Waals surface area contributed by atoms with E-state index in [2.05, 4.69) is 107 Å². The first-order valence-electron chi connectivity index (χ1n) is 22.8. The number of aromatic amines is 2. The maximum absolute atomic E-state index is 12.4. The molecule has 2 aliphatic rings. The van der Waals surface area contributed by atoms with E-state index in [1.54, 1.807) is 36.4 Å². The molecule has 8 aromatic carbocycles. The average Bonchev–Trinajstić information content (AvgIpc) is 4.25. The summed E-state index contributed by atoms with van der Waals surface area (Å²) >= 11 is 0. The van der Waals surface area contributed by atoms with Crippen molar-refractivity contribution in [2.24, 2.45) is 0 Å². The van der Waals surface area contributed by atoms with E-state index in [1.165, 1.54) is 0 Å². The standard InChI is InChI=1S/C60H36N6O4/c67-65(68)55-33-23-45(39-17-5-7-19-41(39)55)59-51-29-27-49(62-51)57(43-21-9-13-35-11-1-3-15-37(35)43)47-25-26-48(61-47)58(44-22-10-14-36-12-2-4-16-38(36)44)50-28-30-52(63-50)60(54-32-31-53(59)64-54)46-24-34-56(66(69)70)42-20-8-6-18-40(42)46/h1-34,62-63H. The van der Waals surface area contributed by atoms with Crippen molar-refractivity contribution in [3.8, 4) is 44.5 Å².